The number of hydrogen-bond donors (Lipinski definition) is 2. The number of halogens is 3. The van der Waals surface area contributed by atoms with Crippen molar-refractivity contribution in [1.82, 2.24) is 0 Å². The predicted molar refractivity (Wildman–Crippen MR) is 65.3 cm³/mol. The van der Waals surface area contributed by atoms with Crippen molar-refractivity contribution < 1.29 is 27.9 Å². The number of hydrogen-bond acceptors (Lipinski definition) is 2. The highest BCUT2D eigenvalue weighted by atomic mass is 19.4. The van der Waals surface area contributed by atoms with Crippen LogP contribution in [0.15, 0.2) is 18.2 Å². The van der Waals surface area contributed by atoms with Gasteiger partial charge in [-0.15, -0.1) is 0 Å². The Morgan fingerprint density at radius 3 is 2.20 bits per heavy atom. The molecule has 20 heavy (non-hydrogen) atoms. The number of primary amides is 1. The number of carbonyl (C=O) groups excluding carboxylic acids is 1. The van der Waals surface area contributed by atoms with Crippen LogP contribution < -0.4 is 5.73 Å². The van der Waals surface area contributed by atoms with E-state index in [-0.39, 0.29) is 5.91 Å². The molecule has 7 heteroatoms. The molecule has 1 aliphatic carbocycles. The second-order valence-corrected chi connectivity index (χ2v) is 4.32. The molecule has 2 rings (SSSR count). The third kappa shape index (κ3) is 4.25. The predicted octanol–water partition coefficient (Wildman–Crippen LogP) is 2.30. The molecule has 0 saturated carbocycles. The molecule has 1 aromatic rings. The summed E-state index contributed by atoms with van der Waals surface area (Å²) >= 11 is 0. The Morgan fingerprint density at radius 1 is 1.15 bits per heavy atom. The average molecular weight is 289 g/mol. The van der Waals surface area contributed by atoms with Crippen molar-refractivity contribution in [2.24, 2.45) is 5.73 Å². The van der Waals surface area contributed by atoms with E-state index in [2.05, 4.69) is 6.07 Å². The Balaban J connectivity index is 0.000000246. The first kappa shape index (κ1) is 16.0. The molecule has 0 aliphatic heterocycles. The first-order valence-corrected chi connectivity index (χ1v) is 5.94. The van der Waals surface area contributed by atoms with E-state index in [1.54, 1.807) is 0 Å². The minimum atomic E-state index is -5.08. The van der Waals surface area contributed by atoms with E-state index in [0.29, 0.717) is 0 Å². The van der Waals surface area contributed by atoms with Crippen LogP contribution in [0.3, 0.4) is 0 Å². The minimum absolute atomic E-state index is 0.293. The maximum atomic E-state index is 11.1. The van der Waals surface area contributed by atoms with Crippen LogP contribution in [0.25, 0.3) is 0 Å². The SMILES string of the molecule is NC(=O)c1cccc2c1CCCC2.O=C(O)C(F)(F)F. The fourth-order valence-corrected chi connectivity index (χ4v) is 2.01. The van der Waals surface area contributed by atoms with Crippen LogP contribution in [0.1, 0.15) is 34.3 Å². The van der Waals surface area contributed by atoms with Gasteiger partial charge in [0.2, 0.25) is 5.91 Å². The molecule has 0 aromatic heterocycles. The highest BCUT2D eigenvalue weighted by molar-refractivity contribution is 5.94. The van der Waals surface area contributed by atoms with E-state index in [9.17, 15) is 18.0 Å². The van der Waals surface area contributed by atoms with Crippen molar-refractivity contribution in [2.75, 3.05) is 0 Å². The lowest BCUT2D eigenvalue weighted by atomic mass is 9.88. The Morgan fingerprint density at radius 2 is 1.70 bits per heavy atom. The molecule has 1 amide bonds. The van der Waals surface area contributed by atoms with Crippen molar-refractivity contribution in [2.45, 2.75) is 31.9 Å². The molecule has 0 saturated heterocycles. The summed E-state index contributed by atoms with van der Waals surface area (Å²) in [6.45, 7) is 0. The van der Waals surface area contributed by atoms with Crippen LogP contribution in [0.4, 0.5) is 13.2 Å². The number of benzene rings is 1. The molecular formula is C13H14F3NO3. The second-order valence-electron chi connectivity index (χ2n) is 4.32. The second kappa shape index (κ2) is 6.40. The van der Waals surface area contributed by atoms with E-state index in [4.69, 9.17) is 15.6 Å². The number of aliphatic carboxylic acids is 1. The quantitative estimate of drug-likeness (QED) is 0.832. The van der Waals surface area contributed by atoms with Gasteiger partial charge in [-0.25, -0.2) is 4.79 Å². The molecular weight excluding hydrogens is 275 g/mol. The summed E-state index contributed by atoms with van der Waals surface area (Å²) in [5.41, 5.74) is 8.51. The average Bonchev–Trinajstić information content (AvgIpc) is 2.37. The Kier molecular flexibility index (Phi) is 5.12. The molecule has 4 nitrogen and oxygen atoms in total. The molecule has 110 valence electrons. The van der Waals surface area contributed by atoms with Gasteiger partial charge in [0, 0.05) is 5.56 Å². The van der Waals surface area contributed by atoms with Crippen molar-refractivity contribution >= 4 is 11.9 Å². The van der Waals surface area contributed by atoms with E-state index < -0.39 is 12.1 Å². The Labute approximate surface area is 113 Å². The van der Waals surface area contributed by atoms with Crippen LogP contribution in [-0.4, -0.2) is 23.2 Å². The maximum absolute atomic E-state index is 11.1. The fourth-order valence-electron chi connectivity index (χ4n) is 2.01. The van der Waals surface area contributed by atoms with Crippen molar-refractivity contribution in [3.8, 4) is 0 Å². The van der Waals surface area contributed by atoms with Gasteiger partial charge in [-0.05, 0) is 42.9 Å². The smallest absolute Gasteiger partial charge is 0.475 e. The topological polar surface area (TPSA) is 80.4 Å². The largest absolute Gasteiger partial charge is 0.490 e. The lowest BCUT2D eigenvalue weighted by Gasteiger charge is -2.17. The van der Waals surface area contributed by atoms with E-state index >= 15 is 0 Å². The number of nitrogens with two attached hydrogens (primary N) is 1. The van der Waals surface area contributed by atoms with Gasteiger partial charge in [0.25, 0.3) is 0 Å². The van der Waals surface area contributed by atoms with Crippen LogP contribution in [0.2, 0.25) is 0 Å². The van der Waals surface area contributed by atoms with Gasteiger partial charge in [-0.3, -0.25) is 4.79 Å². The molecule has 0 spiro atoms. The summed E-state index contributed by atoms with van der Waals surface area (Å²) in [5, 5.41) is 7.12. The van der Waals surface area contributed by atoms with Gasteiger partial charge in [0.05, 0.1) is 0 Å². The van der Waals surface area contributed by atoms with Crippen LogP contribution in [0, 0.1) is 0 Å². The maximum Gasteiger partial charge on any atom is 0.490 e. The molecule has 3 N–H and O–H groups in total. The molecule has 0 fully saturated rings. The lowest BCUT2D eigenvalue weighted by molar-refractivity contribution is -0.192. The summed E-state index contributed by atoms with van der Waals surface area (Å²) in [5.74, 6) is -3.05. The number of carboxylic acid groups (broad SMARTS) is 1. The van der Waals surface area contributed by atoms with E-state index in [1.807, 2.05) is 12.1 Å². The van der Waals surface area contributed by atoms with Crippen LogP contribution in [0.5, 0.6) is 0 Å². The minimum Gasteiger partial charge on any atom is -0.475 e. The van der Waals surface area contributed by atoms with E-state index in [0.717, 1.165) is 18.4 Å². The first-order valence-electron chi connectivity index (χ1n) is 5.94. The van der Waals surface area contributed by atoms with Crippen molar-refractivity contribution in [3.63, 3.8) is 0 Å². The van der Waals surface area contributed by atoms with Crippen LogP contribution >= 0.6 is 0 Å². The number of carboxylic acids is 1. The number of rotatable bonds is 1. The third-order valence-corrected chi connectivity index (χ3v) is 2.90. The summed E-state index contributed by atoms with van der Waals surface area (Å²) in [6, 6.07) is 5.84. The van der Waals surface area contributed by atoms with Crippen molar-refractivity contribution in [3.05, 3.63) is 34.9 Å². The number of alkyl halides is 3. The molecule has 0 atom stereocenters. The Hall–Kier alpha value is -2.05. The number of fused-ring (bicyclic) bond motifs is 1. The third-order valence-electron chi connectivity index (χ3n) is 2.90. The standard InChI is InChI=1S/C11H13NO.C2HF3O2/c12-11(13)10-7-3-5-8-4-1-2-6-9(8)10;3-2(4,5)1(6)7/h3,5,7H,1-2,4,6H2,(H2,12,13);(H,6,7). The molecule has 0 unspecified atom stereocenters. The monoisotopic (exact) mass is 289 g/mol. The van der Waals surface area contributed by atoms with Crippen molar-refractivity contribution in [1.29, 1.82) is 0 Å². The Bertz CT molecular complexity index is 512. The summed E-state index contributed by atoms with van der Waals surface area (Å²) < 4.78 is 31.7. The first-order chi connectivity index (χ1) is 9.23. The molecule has 0 bridgehead atoms. The zero-order valence-electron chi connectivity index (χ0n) is 10.5. The summed E-state index contributed by atoms with van der Waals surface area (Å²) in [6.07, 6.45) is -0.572. The number of aryl methyl sites for hydroxylation is 1. The van der Waals surface area contributed by atoms with Gasteiger partial charge in [-0.2, -0.15) is 13.2 Å². The summed E-state index contributed by atoms with van der Waals surface area (Å²) in [4.78, 5) is 20.0. The molecule has 0 radical (unpaired) electrons. The van der Waals surface area contributed by atoms with Gasteiger partial charge in [-0.1, -0.05) is 12.1 Å². The highest BCUT2D eigenvalue weighted by Gasteiger charge is 2.38. The van der Waals surface area contributed by atoms with Gasteiger partial charge in [0.1, 0.15) is 0 Å². The molecule has 1 aliphatic rings. The number of carbonyl (C=O) groups is 2. The zero-order valence-corrected chi connectivity index (χ0v) is 10.5. The van der Waals surface area contributed by atoms with Crippen LogP contribution in [-0.2, 0) is 17.6 Å². The lowest BCUT2D eigenvalue weighted by Crippen LogP contribution is -2.21. The van der Waals surface area contributed by atoms with Gasteiger partial charge >= 0.3 is 12.1 Å². The van der Waals surface area contributed by atoms with E-state index in [1.165, 1.54) is 24.0 Å². The van der Waals surface area contributed by atoms with Gasteiger partial charge < -0.3 is 10.8 Å². The fraction of sp³-hybridized carbons (Fsp3) is 0.385. The van der Waals surface area contributed by atoms with Gasteiger partial charge in [0.15, 0.2) is 0 Å². The molecule has 1 aromatic carbocycles. The number of amides is 1. The summed E-state index contributed by atoms with van der Waals surface area (Å²) in [7, 11) is 0. The zero-order chi connectivity index (χ0) is 15.3. The highest BCUT2D eigenvalue weighted by Crippen LogP contribution is 2.23. The normalized spacial score (nSPS) is 13.8. The molecule has 0 heterocycles.